The minimum absolute atomic E-state index is 0.0163. The van der Waals surface area contributed by atoms with Crippen molar-refractivity contribution in [2.24, 2.45) is 0 Å². The Labute approximate surface area is 164 Å². The Bertz CT molecular complexity index is 1120. The van der Waals surface area contributed by atoms with Crippen molar-refractivity contribution in [2.75, 3.05) is 0 Å². The highest BCUT2D eigenvalue weighted by Crippen LogP contribution is 2.20. The normalized spacial score (nSPS) is 10.9. The first kappa shape index (κ1) is 18.0. The topological polar surface area (TPSA) is 46.9 Å². The summed E-state index contributed by atoms with van der Waals surface area (Å²) in [6.45, 7) is 4.51. The second-order valence-corrected chi connectivity index (χ2v) is 6.99. The number of nitrogens with zero attached hydrogens (tertiary/aromatic N) is 2. The van der Waals surface area contributed by atoms with Gasteiger partial charge < -0.3 is 5.32 Å². The fourth-order valence-electron chi connectivity index (χ4n) is 3.62. The van der Waals surface area contributed by atoms with Crippen LogP contribution in [0.25, 0.3) is 16.5 Å². The fourth-order valence-corrected chi connectivity index (χ4v) is 3.62. The van der Waals surface area contributed by atoms with Crippen LogP contribution in [0.4, 0.5) is 0 Å². The Morgan fingerprint density at radius 2 is 1.64 bits per heavy atom. The zero-order valence-corrected chi connectivity index (χ0v) is 16.1. The van der Waals surface area contributed by atoms with Gasteiger partial charge in [-0.2, -0.15) is 5.10 Å². The lowest BCUT2D eigenvalue weighted by Gasteiger charge is -2.09. The summed E-state index contributed by atoms with van der Waals surface area (Å²) in [7, 11) is 0. The van der Waals surface area contributed by atoms with Crippen molar-refractivity contribution < 1.29 is 4.79 Å². The molecule has 0 unspecified atom stereocenters. The smallest absolute Gasteiger partial charge is 0.224 e. The lowest BCUT2D eigenvalue weighted by molar-refractivity contribution is -0.120. The standard InChI is InChI=1S/C24H23N3O/c1-17-23(18(2)27(26-17)21-12-4-3-5-13-21)16-25-24(28)15-20-11-8-10-19-9-6-7-14-22(19)20/h3-14H,15-16H2,1-2H3,(H,25,28). The monoisotopic (exact) mass is 369 g/mol. The minimum atomic E-state index is 0.0163. The molecule has 140 valence electrons. The van der Waals surface area contributed by atoms with Crippen LogP contribution in [0.3, 0.4) is 0 Å². The Morgan fingerprint density at radius 1 is 0.929 bits per heavy atom. The first-order valence-corrected chi connectivity index (χ1v) is 9.47. The third-order valence-corrected chi connectivity index (χ3v) is 5.14. The van der Waals surface area contributed by atoms with Gasteiger partial charge in [-0.1, -0.05) is 60.7 Å². The maximum absolute atomic E-state index is 12.6. The molecule has 1 amide bonds. The molecule has 0 spiro atoms. The summed E-state index contributed by atoms with van der Waals surface area (Å²) in [4.78, 5) is 12.6. The van der Waals surface area contributed by atoms with Crippen LogP contribution in [-0.4, -0.2) is 15.7 Å². The Hall–Kier alpha value is -3.40. The van der Waals surface area contributed by atoms with E-state index in [1.807, 2.05) is 73.1 Å². The minimum Gasteiger partial charge on any atom is -0.352 e. The van der Waals surface area contributed by atoms with Gasteiger partial charge in [-0.05, 0) is 42.3 Å². The molecule has 28 heavy (non-hydrogen) atoms. The molecule has 0 aliphatic carbocycles. The van der Waals surface area contributed by atoms with Gasteiger partial charge in [0.2, 0.25) is 5.91 Å². The summed E-state index contributed by atoms with van der Waals surface area (Å²) >= 11 is 0. The Morgan fingerprint density at radius 3 is 2.46 bits per heavy atom. The van der Waals surface area contributed by atoms with Crippen molar-refractivity contribution in [3.63, 3.8) is 0 Å². The second-order valence-electron chi connectivity index (χ2n) is 6.99. The Balaban J connectivity index is 1.49. The highest BCUT2D eigenvalue weighted by Gasteiger charge is 2.14. The van der Waals surface area contributed by atoms with Crippen LogP contribution in [0.1, 0.15) is 22.5 Å². The SMILES string of the molecule is Cc1nn(-c2ccccc2)c(C)c1CNC(=O)Cc1cccc2ccccc12. The lowest BCUT2D eigenvalue weighted by atomic mass is 10.0. The van der Waals surface area contributed by atoms with E-state index < -0.39 is 0 Å². The molecule has 4 rings (SSSR count). The van der Waals surface area contributed by atoms with Crippen molar-refractivity contribution >= 4 is 16.7 Å². The molecule has 0 bridgehead atoms. The van der Waals surface area contributed by atoms with E-state index in [1.54, 1.807) is 0 Å². The third-order valence-electron chi connectivity index (χ3n) is 5.14. The molecule has 0 aliphatic rings. The van der Waals surface area contributed by atoms with E-state index in [1.165, 1.54) is 0 Å². The Kier molecular flexibility index (Phi) is 4.94. The number of fused-ring (bicyclic) bond motifs is 1. The number of carbonyl (C=O) groups excluding carboxylic acids is 1. The average Bonchev–Trinajstić information content (AvgIpc) is 3.01. The van der Waals surface area contributed by atoms with E-state index in [9.17, 15) is 4.79 Å². The molecular weight excluding hydrogens is 346 g/mol. The summed E-state index contributed by atoms with van der Waals surface area (Å²) in [5.74, 6) is 0.0163. The highest BCUT2D eigenvalue weighted by atomic mass is 16.1. The number of carbonyl (C=O) groups is 1. The van der Waals surface area contributed by atoms with Crippen molar-refractivity contribution in [3.8, 4) is 5.69 Å². The number of benzene rings is 3. The van der Waals surface area contributed by atoms with Crippen LogP contribution in [0.2, 0.25) is 0 Å². The molecule has 1 heterocycles. The maximum Gasteiger partial charge on any atom is 0.224 e. The molecule has 0 atom stereocenters. The zero-order chi connectivity index (χ0) is 19.5. The first-order valence-electron chi connectivity index (χ1n) is 9.47. The van der Waals surface area contributed by atoms with Crippen LogP contribution in [-0.2, 0) is 17.8 Å². The molecule has 0 saturated carbocycles. The predicted molar refractivity (Wildman–Crippen MR) is 113 cm³/mol. The van der Waals surface area contributed by atoms with E-state index in [0.717, 1.165) is 39.0 Å². The summed E-state index contributed by atoms with van der Waals surface area (Å²) in [6.07, 6.45) is 0.367. The van der Waals surface area contributed by atoms with Gasteiger partial charge in [-0.25, -0.2) is 4.68 Å². The highest BCUT2D eigenvalue weighted by molar-refractivity contribution is 5.90. The van der Waals surface area contributed by atoms with Crippen LogP contribution in [0.5, 0.6) is 0 Å². The van der Waals surface area contributed by atoms with Crippen LogP contribution in [0, 0.1) is 13.8 Å². The third kappa shape index (κ3) is 3.54. The summed E-state index contributed by atoms with van der Waals surface area (Å²) in [5.41, 5.74) is 5.12. The zero-order valence-electron chi connectivity index (χ0n) is 16.1. The van der Waals surface area contributed by atoms with Gasteiger partial charge in [0, 0.05) is 17.8 Å². The maximum atomic E-state index is 12.6. The lowest BCUT2D eigenvalue weighted by Crippen LogP contribution is -2.25. The van der Waals surface area contributed by atoms with Crippen molar-refractivity contribution in [1.82, 2.24) is 15.1 Å². The van der Waals surface area contributed by atoms with E-state index >= 15 is 0 Å². The molecule has 4 nitrogen and oxygen atoms in total. The number of rotatable bonds is 5. The summed E-state index contributed by atoms with van der Waals surface area (Å²) < 4.78 is 1.93. The number of nitrogens with one attached hydrogen (secondary N) is 1. The molecule has 0 fully saturated rings. The van der Waals surface area contributed by atoms with Gasteiger partial charge in [0.05, 0.1) is 17.8 Å². The fraction of sp³-hybridized carbons (Fsp3) is 0.167. The van der Waals surface area contributed by atoms with E-state index in [2.05, 4.69) is 28.6 Å². The second kappa shape index (κ2) is 7.69. The van der Waals surface area contributed by atoms with Gasteiger partial charge >= 0.3 is 0 Å². The van der Waals surface area contributed by atoms with Gasteiger partial charge in [-0.3, -0.25) is 4.79 Å². The van der Waals surface area contributed by atoms with E-state index in [0.29, 0.717) is 13.0 Å². The van der Waals surface area contributed by atoms with Gasteiger partial charge in [0.1, 0.15) is 0 Å². The van der Waals surface area contributed by atoms with Crippen molar-refractivity contribution in [3.05, 3.63) is 95.3 Å². The molecule has 0 radical (unpaired) electrons. The molecular formula is C24H23N3O. The number of aromatic nitrogens is 2. The number of para-hydroxylation sites is 1. The van der Waals surface area contributed by atoms with Crippen molar-refractivity contribution in [2.45, 2.75) is 26.8 Å². The molecule has 4 aromatic rings. The molecule has 1 aromatic heterocycles. The van der Waals surface area contributed by atoms with Crippen LogP contribution < -0.4 is 5.32 Å². The molecule has 4 heteroatoms. The number of amides is 1. The van der Waals surface area contributed by atoms with Gasteiger partial charge in [0.25, 0.3) is 0 Å². The van der Waals surface area contributed by atoms with Crippen LogP contribution >= 0.6 is 0 Å². The van der Waals surface area contributed by atoms with E-state index in [-0.39, 0.29) is 5.91 Å². The number of aryl methyl sites for hydroxylation is 1. The van der Waals surface area contributed by atoms with Crippen molar-refractivity contribution in [1.29, 1.82) is 0 Å². The first-order chi connectivity index (χ1) is 13.6. The number of hydrogen-bond donors (Lipinski definition) is 1. The molecule has 0 aliphatic heterocycles. The molecule has 3 aromatic carbocycles. The summed E-state index contributed by atoms with van der Waals surface area (Å²) in [6, 6.07) is 24.3. The van der Waals surface area contributed by atoms with Gasteiger partial charge in [0.15, 0.2) is 0 Å². The quantitative estimate of drug-likeness (QED) is 0.563. The van der Waals surface area contributed by atoms with Crippen LogP contribution in [0.15, 0.2) is 72.8 Å². The molecule has 0 saturated heterocycles. The molecule has 1 N–H and O–H groups in total. The number of hydrogen-bond acceptors (Lipinski definition) is 2. The predicted octanol–water partition coefficient (Wildman–Crippen LogP) is 4.50. The summed E-state index contributed by atoms with van der Waals surface area (Å²) in [5, 5.41) is 10.0. The largest absolute Gasteiger partial charge is 0.352 e. The van der Waals surface area contributed by atoms with Gasteiger partial charge in [-0.15, -0.1) is 0 Å². The van der Waals surface area contributed by atoms with E-state index in [4.69, 9.17) is 0 Å². The average molecular weight is 369 g/mol.